The molecule has 0 aliphatic heterocycles. The third-order valence-electron chi connectivity index (χ3n) is 4.99. The summed E-state index contributed by atoms with van der Waals surface area (Å²) in [6.07, 6.45) is 7.77. The summed E-state index contributed by atoms with van der Waals surface area (Å²) >= 11 is 0. The van der Waals surface area contributed by atoms with Gasteiger partial charge in [-0.2, -0.15) is 0 Å². The van der Waals surface area contributed by atoms with E-state index >= 15 is 0 Å². The van der Waals surface area contributed by atoms with Gasteiger partial charge in [0, 0.05) is 13.7 Å². The van der Waals surface area contributed by atoms with Crippen LogP contribution in [0.2, 0.25) is 0 Å². The topological polar surface area (TPSA) is 83.8 Å². The fourth-order valence-corrected chi connectivity index (χ4v) is 3.74. The number of benzene rings is 1. The molecule has 0 radical (unpaired) electrons. The van der Waals surface area contributed by atoms with E-state index in [1.54, 1.807) is 19.2 Å². The maximum atomic E-state index is 11.3. The molecule has 2 rings (SSSR count). The summed E-state index contributed by atoms with van der Waals surface area (Å²) in [5, 5.41) is 18.5. The Kier molecular flexibility index (Phi) is 6.79. The van der Waals surface area contributed by atoms with E-state index in [-0.39, 0.29) is 11.1 Å². The Morgan fingerprint density at radius 3 is 2.17 bits per heavy atom. The minimum atomic E-state index is -1.09. The molecule has 2 N–H and O–H groups in total. The number of hydrogen-bond acceptors (Lipinski definition) is 3. The molecule has 0 saturated heterocycles. The Hall–Kier alpha value is -1.88. The van der Waals surface area contributed by atoms with Gasteiger partial charge in [0.1, 0.15) is 0 Å². The van der Waals surface area contributed by atoms with Crippen molar-refractivity contribution in [3.63, 3.8) is 0 Å². The number of carboxylic acids is 2. The summed E-state index contributed by atoms with van der Waals surface area (Å²) < 4.78 is 5.24. The van der Waals surface area contributed by atoms with Crippen LogP contribution in [0.25, 0.3) is 0 Å². The van der Waals surface area contributed by atoms with Crippen molar-refractivity contribution in [2.24, 2.45) is 11.8 Å². The van der Waals surface area contributed by atoms with Gasteiger partial charge in [-0.1, -0.05) is 32.1 Å². The summed E-state index contributed by atoms with van der Waals surface area (Å²) in [7, 11) is 1.69. The van der Waals surface area contributed by atoms with Crippen LogP contribution >= 0.6 is 0 Å². The highest BCUT2D eigenvalue weighted by Gasteiger charge is 2.24. The lowest BCUT2D eigenvalue weighted by Crippen LogP contribution is -2.22. The molecule has 1 aliphatic rings. The van der Waals surface area contributed by atoms with Crippen LogP contribution in [0.5, 0.6) is 0 Å². The van der Waals surface area contributed by atoms with Gasteiger partial charge in [0.25, 0.3) is 0 Å². The Balaban J connectivity index is 2.22. The number of carbonyl (C=O) groups is 2. The van der Waals surface area contributed by atoms with Crippen LogP contribution in [0.4, 0.5) is 0 Å². The largest absolute Gasteiger partial charge is 0.478 e. The van der Waals surface area contributed by atoms with E-state index in [0.717, 1.165) is 12.0 Å². The van der Waals surface area contributed by atoms with Gasteiger partial charge in [-0.3, -0.25) is 0 Å². The van der Waals surface area contributed by atoms with Gasteiger partial charge in [-0.15, -0.1) is 0 Å². The Bertz CT molecular complexity index is 543. The summed E-state index contributed by atoms with van der Waals surface area (Å²) in [5.41, 5.74) is 0.872. The fraction of sp³-hybridized carbons (Fsp3) is 0.579. The molecule has 1 aromatic rings. The molecule has 0 aromatic heterocycles. The fourth-order valence-electron chi connectivity index (χ4n) is 3.74. The first-order valence-electron chi connectivity index (χ1n) is 8.60. The van der Waals surface area contributed by atoms with Crippen LogP contribution in [0.15, 0.2) is 18.2 Å². The zero-order valence-corrected chi connectivity index (χ0v) is 14.2. The lowest BCUT2D eigenvalue weighted by molar-refractivity contribution is 0.0696. The van der Waals surface area contributed by atoms with Crippen molar-refractivity contribution in [1.82, 2.24) is 0 Å². The Labute approximate surface area is 142 Å². The Morgan fingerprint density at radius 2 is 1.67 bits per heavy atom. The quantitative estimate of drug-likeness (QED) is 0.754. The first-order valence-corrected chi connectivity index (χ1v) is 8.60. The van der Waals surface area contributed by atoms with Crippen molar-refractivity contribution in [2.75, 3.05) is 13.7 Å². The molecule has 0 heterocycles. The number of carboxylic acid groups (broad SMARTS) is 2. The highest BCUT2D eigenvalue weighted by molar-refractivity contribution is 5.94. The van der Waals surface area contributed by atoms with Crippen molar-refractivity contribution in [1.29, 1.82) is 0 Å². The van der Waals surface area contributed by atoms with Crippen molar-refractivity contribution >= 4 is 11.9 Å². The number of ether oxygens (including phenoxy) is 1. The van der Waals surface area contributed by atoms with Gasteiger partial charge in [-0.25, -0.2) is 9.59 Å². The molecule has 0 bridgehead atoms. The van der Waals surface area contributed by atoms with Gasteiger partial charge in [0.15, 0.2) is 0 Å². The normalized spacial score (nSPS) is 16.7. The molecule has 1 unspecified atom stereocenters. The van der Waals surface area contributed by atoms with Gasteiger partial charge >= 0.3 is 11.9 Å². The SMILES string of the molecule is COCCC(Cc1cc(C(=O)O)cc(C(=O)O)c1)C1CCCCC1. The third-order valence-corrected chi connectivity index (χ3v) is 4.99. The minimum absolute atomic E-state index is 0.0408. The predicted molar refractivity (Wildman–Crippen MR) is 90.6 cm³/mol. The molecular formula is C19H26O5. The van der Waals surface area contributed by atoms with Crippen molar-refractivity contribution in [2.45, 2.75) is 44.9 Å². The number of rotatable bonds is 8. The van der Waals surface area contributed by atoms with Gasteiger partial charge in [0.2, 0.25) is 0 Å². The average Bonchev–Trinajstić information content (AvgIpc) is 2.59. The molecule has 1 aromatic carbocycles. The number of hydrogen-bond donors (Lipinski definition) is 2. The average molecular weight is 334 g/mol. The Morgan fingerprint density at radius 1 is 1.08 bits per heavy atom. The van der Waals surface area contributed by atoms with Crippen molar-refractivity contribution in [3.05, 3.63) is 34.9 Å². The van der Waals surface area contributed by atoms with Crippen LogP contribution in [0.1, 0.15) is 64.8 Å². The standard InChI is InChI=1S/C19H26O5/c1-24-8-7-15(14-5-3-2-4-6-14)9-13-10-16(18(20)21)12-17(11-13)19(22)23/h10-12,14-15H,2-9H2,1H3,(H,20,21)(H,22,23). The lowest BCUT2D eigenvalue weighted by atomic mass is 9.76. The molecular weight excluding hydrogens is 308 g/mol. The molecule has 5 heteroatoms. The smallest absolute Gasteiger partial charge is 0.335 e. The zero-order chi connectivity index (χ0) is 17.5. The highest BCUT2D eigenvalue weighted by atomic mass is 16.5. The molecule has 1 fully saturated rings. The maximum absolute atomic E-state index is 11.3. The van der Waals surface area contributed by atoms with E-state index in [1.165, 1.54) is 38.2 Å². The van der Waals surface area contributed by atoms with Crippen LogP contribution in [0, 0.1) is 11.8 Å². The summed E-state index contributed by atoms with van der Waals surface area (Å²) in [6, 6.07) is 4.44. The summed E-state index contributed by atoms with van der Waals surface area (Å²) in [6.45, 7) is 0.672. The third kappa shape index (κ3) is 5.06. The molecule has 1 aliphatic carbocycles. The van der Waals surface area contributed by atoms with E-state index in [9.17, 15) is 19.8 Å². The molecule has 0 spiro atoms. The second-order valence-corrected chi connectivity index (χ2v) is 6.67. The molecule has 5 nitrogen and oxygen atoms in total. The van der Waals surface area contributed by atoms with Gasteiger partial charge < -0.3 is 14.9 Å². The molecule has 0 amide bonds. The van der Waals surface area contributed by atoms with Crippen molar-refractivity contribution < 1.29 is 24.5 Å². The van der Waals surface area contributed by atoms with Crippen LogP contribution < -0.4 is 0 Å². The van der Waals surface area contributed by atoms with E-state index in [4.69, 9.17) is 4.74 Å². The lowest BCUT2D eigenvalue weighted by Gasteiger charge is -2.30. The molecule has 1 atom stereocenters. The summed E-state index contributed by atoms with van der Waals surface area (Å²) in [4.78, 5) is 22.5. The minimum Gasteiger partial charge on any atom is -0.478 e. The molecule has 24 heavy (non-hydrogen) atoms. The van der Waals surface area contributed by atoms with E-state index in [0.29, 0.717) is 24.9 Å². The van der Waals surface area contributed by atoms with Gasteiger partial charge in [0.05, 0.1) is 11.1 Å². The first kappa shape index (κ1) is 18.5. The van der Waals surface area contributed by atoms with Crippen LogP contribution in [-0.2, 0) is 11.2 Å². The van der Waals surface area contributed by atoms with Gasteiger partial charge in [-0.05, 0) is 48.4 Å². The number of methoxy groups -OCH3 is 1. The second kappa shape index (κ2) is 8.83. The zero-order valence-electron chi connectivity index (χ0n) is 14.2. The van der Waals surface area contributed by atoms with E-state index in [2.05, 4.69) is 0 Å². The maximum Gasteiger partial charge on any atom is 0.335 e. The highest BCUT2D eigenvalue weighted by Crippen LogP contribution is 2.34. The molecule has 132 valence electrons. The summed E-state index contributed by atoms with van der Waals surface area (Å²) in [5.74, 6) is -1.18. The second-order valence-electron chi connectivity index (χ2n) is 6.67. The van der Waals surface area contributed by atoms with E-state index in [1.807, 2.05) is 0 Å². The first-order chi connectivity index (χ1) is 11.5. The number of aromatic carboxylic acids is 2. The predicted octanol–water partition coefficient (Wildman–Crippen LogP) is 3.86. The van der Waals surface area contributed by atoms with E-state index < -0.39 is 11.9 Å². The molecule has 1 saturated carbocycles. The van der Waals surface area contributed by atoms with Crippen molar-refractivity contribution in [3.8, 4) is 0 Å². The van der Waals surface area contributed by atoms with Crippen LogP contribution in [0.3, 0.4) is 0 Å². The van der Waals surface area contributed by atoms with Crippen LogP contribution in [-0.4, -0.2) is 35.9 Å². The monoisotopic (exact) mass is 334 g/mol.